The Kier molecular flexibility index (Phi) is 2.86. The molecule has 0 amide bonds. The third-order valence-electron chi connectivity index (χ3n) is 5.03. The second-order valence-corrected chi connectivity index (χ2v) is 6.85. The number of benzene rings is 1. The van der Waals surface area contributed by atoms with Gasteiger partial charge in [-0.15, -0.1) is 0 Å². The number of rotatable bonds is 0. The molecule has 0 aliphatic carbocycles. The summed E-state index contributed by atoms with van der Waals surface area (Å²) in [7, 11) is 0. The molecule has 0 unspecified atom stereocenters. The van der Waals surface area contributed by atoms with E-state index in [4.69, 9.17) is 20.4 Å². The number of halogens is 1. The lowest BCUT2D eigenvalue weighted by molar-refractivity contribution is 0.537. The highest BCUT2D eigenvalue weighted by molar-refractivity contribution is 6.35. The van der Waals surface area contributed by atoms with Gasteiger partial charge in [0.25, 0.3) is 0 Å². The second-order valence-electron chi connectivity index (χ2n) is 6.44. The highest BCUT2D eigenvalue weighted by Crippen LogP contribution is 2.41. The van der Waals surface area contributed by atoms with Gasteiger partial charge in [0.1, 0.15) is 11.0 Å². The maximum absolute atomic E-state index is 12.4. The van der Waals surface area contributed by atoms with Gasteiger partial charge in [0, 0.05) is 30.4 Å². The average molecular weight is 344 g/mol. The van der Waals surface area contributed by atoms with Crippen LogP contribution in [0.1, 0.15) is 24.0 Å². The molecule has 0 radical (unpaired) electrons. The molecule has 5 nitrogen and oxygen atoms in total. The SMILES string of the molecule is O=c1cc(Cl)c2c(=O)oc3c4c5c(cc3c2o1)CCCN5CCC4. The molecule has 6 heteroatoms. The van der Waals surface area contributed by atoms with Crippen LogP contribution in [0.4, 0.5) is 5.69 Å². The second kappa shape index (κ2) is 4.86. The highest BCUT2D eigenvalue weighted by Gasteiger charge is 2.28. The van der Waals surface area contributed by atoms with Crippen LogP contribution >= 0.6 is 11.6 Å². The maximum Gasteiger partial charge on any atom is 0.348 e. The van der Waals surface area contributed by atoms with Crippen LogP contribution in [0.15, 0.2) is 30.6 Å². The van der Waals surface area contributed by atoms with E-state index in [1.54, 1.807) is 0 Å². The molecule has 0 atom stereocenters. The van der Waals surface area contributed by atoms with Gasteiger partial charge in [-0.05, 0) is 37.3 Å². The summed E-state index contributed by atoms with van der Waals surface area (Å²) in [6.07, 6.45) is 3.94. The molecule has 0 saturated carbocycles. The third-order valence-corrected chi connectivity index (χ3v) is 5.33. The molecule has 2 aromatic heterocycles. The molecule has 0 bridgehead atoms. The summed E-state index contributed by atoms with van der Waals surface area (Å²) in [6.45, 7) is 2.06. The topological polar surface area (TPSA) is 63.7 Å². The first-order valence-electron chi connectivity index (χ1n) is 8.13. The molecule has 2 aliphatic heterocycles. The van der Waals surface area contributed by atoms with E-state index < -0.39 is 11.3 Å². The first-order chi connectivity index (χ1) is 11.6. The number of nitrogens with zero attached hydrogens (tertiary/aromatic N) is 1. The molecule has 1 aromatic carbocycles. The molecule has 3 aromatic rings. The lowest BCUT2D eigenvalue weighted by Crippen LogP contribution is -2.34. The van der Waals surface area contributed by atoms with Gasteiger partial charge in [-0.1, -0.05) is 11.6 Å². The minimum Gasteiger partial charge on any atom is -0.422 e. The van der Waals surface area contributed by atoms with Crippen LogP contribution in [0.2, 0.25) is 5.02 Å². The first-order valence-corrected chi connectivity index (χ1v) is 8.51. The number of aryl methyl sites for hydroxylation is 2. The quantitative estimate of drug-likeness (QED) is 0.463. The minimum absolute atomic E-state index is 0.0740. The fourth-order valence-corrected chi connectivity index (χ4v) is 4.36. The summed E-state index contributed by atoms with van der Waals surface area (Å²) in [5, 5.41) is 0.881. The first kappa shape index (κ1) is 14.1. The molecular formula is C18H14ClNO4. The number of hydrogen-bond acceptors (Lipinski definition) is 5. The Labute approximate surface area is 141 Å². The fraction of sp³-hybridized carbons (Fsp3) is 0.333. The zero-order valence-electron chi connectivity index (χ0n) is 12.9. The normalized spacial score (nSPS) is 16.6. The summed E-state index contributed by atoms with van der Waals surface area (Å²) in [4.78, 5) is 26.6. The molecule has 4 heterocycles. The summed E-state index contributed by atoms with van der Waals surface area (Å²) in [6, 6.07) is 3.10. The van der Waals surface area contributed by atoms with Crippen molar-refractivity contribution in [2.75, 3.05) is 18.0 Å². The molecule has 2 aliphatic rings. The third kappa shape index (κ3) is 1.82. The minimum atomic E-state index is -0.563. The number of fused-ring (bicyclic) bond motifs is 4. The molecule has 122 valence electrons. The average Bonchev–Trinajstić information content (AvgIpc) is 2.56. The molecule has 0 saturated heterocycles. The van der Waals surface area contributed by atoms with Crippen LogP contribution in [0.5, 0.6) is 0 Å². The maximum atomic E-state index is 12.4. The van der Waals surface area contributed by atoms with Crippen LogP contribution in [-0.2, 0) is 12.8 Å². The van der Waals surface area contributed by atoms with Gasteiger partial charge in [-0.3, -0.25) is 0 Å². The van der Waals surface area contributed by atoms with Crippen molar-refractivity contribution >= 4 is 39.2 Å². The predicted octanol–water partition coefficient (Wildman–Crippen LogP) is 3.25. The van der Waals surface area contributed by atoms with Crippen LogP contribution in [0, 0.1) is 0 Å². The Hall–Kier alpha value is -2.27. The van der Waals surface area contributed by atoms with Crippen molar-refractivity contribution in [2.24, 2.45) is 0 Å². The van der Waals surface area contributed by atoms with E-state index in [0.29, 0.717) is 11.0 Å². The van der Waals surface area contributed by atoms with Gasteiger partial charge < -0.3 is 13.7 Å². The van der Waals surface area contributed by atoms with Crippen LogP contribution in [-0.4, -0.2) is 13.1 Å². The van der Waals surface area contributed by atoms with Crippen LogP contribution in [0.25, 0.3) is 21.9 Å². The standard InChI is InChI=1S/C18H14ClNO4/c19-12-8-13(21)23-17-11-7-9-3-1-5-20-6-2-4-10(15(9)20)16(11)24-18(22)14(12)17/h7-8H,1-6H2. The Morgan fingerprint density at radius 3 is 2.62 bits per heavy atom. The van der Waals surface area contributed by atoms with Crippen molar-refractivity contribution in [3.8, 4) is 0 Å². The number of anilines is 1. The van der Waals surface area contributed by atoms with E-state index in [1.807, 2.05) is 6.07 Å². The fourth-order valence-electron chi connectivity index (χ4n) is 4.10. The molecule has 0 fully saturated rings. The summed E-state index contributed by atoms with van der Waals surface area (Å²) < 4.78 is 11.0. The molecule has 0 spiro atoms. The Balaban J connectivity index is 2.02. The lowest BCUT2D eigenvalue weighted by Gasteiger charge is -2.37. The van der Waals surface area contributed by atoms with Gasteiger partial charge in [0.15, 0.2) is 5.58 Å². The van der Waals surface area contributed by atoms with Crippen molar-refractivity contribution in [3.63, 3.8) is 0 Å². The lowest BCUT2D eigenvalue weighted by atomic mass is 9.90. The van der Waals surface area contributed by atoms with Crippen molar-refractivity contribution in [1.82, 2.24) is 0 Å². The van der Waals surface area contributed by atoms with E-state index in [1.165, 1.54) is 11.3 Å². The van der Waals surface area contributed by atoms with Crippen LogP contribution in [0.3, 0.4) is 0 Å². The zero-order valence-corrected chi connectivity index (χ0v) is 13.6. The Bertz CT molecular complexity index is 1130. The van der Waals surface area contributed by atoms with Gasteiger partial charge in [0.2, 0.25) is 0 Å². The van der Waals surface area contributed by atoms with Crippen molar-refractivity contribution < 1.29 is 8.83 Å². The molecular weight excluding hydrogens is 330 g/mol. The van der Waals surface area contributed by atoms with Gasteiger partial charge >= 0.3 is 11.3 Å². The monoisotopic (exact) mass is 343 g/mol. The molecule has 0 N–H and O–H groups in total. The Morgan fingerprint density at radius 1 is 1.00 bits per heavy atom. The van der Waals surface area contributed by atoms with Crippen molar-refractivity contribution in [3.05, 3.63) is 49.1 Å². The van der Waals surface area contributed by atoms with E-state index in [9.17, 15) is 9.59 Å². The summed E-state index contributed by atoms with van der Waals surface area (Å²) in [5.41, 5.74) is 3.12. The van der Waals surface area contributed by atoms with Gasteiger partial charge in [0.05, 0.1) is 10.4 Å². The summed E-state index contributed by atoms with van der Waals surface area (Å²) in [5.74, 6) is 0. The van der Waals surface area contributed by atoms with Gasteiger partial charge in [-0.25, -0.2) is 9.59 Å². The van der Waals surface area contributed by atoms with E-state index >= 15 is 0 Å². The predicted molar refractivity (Wildman–Crippen MR) is 92.4 cm³/mol. The Morgan fingerprint density at radius 2 is 1.79 bits per heavy atom. The highest BCUT2D eigenvalue weighted by atomic mass is 35.5. The van der Waals surface area contributed by atoms with Crippen molar-refractivity contribution in [1.29, 1.82) is 0 Å². The van der Waals surface area contributed by atoms with E-state index in [-0.39, 0.29) is 16.0 Å². The van der Waals surface area contributed by atoms with E-state index in [0.717, 1.165) is 50.4 Å². The summed E-state index contributed by atoms with van der Waals surface area (Å²) >= 11 is 6.09. The number of hydrogen-bond donors (Lipinski definition) is 0. The zero-order chi connectivity index (χ0) is 16.4. The molecule has 24 heavy (non-hydrogen) atoms. The van der Waals surface area contributed by atoms with Gasteiger partial charge in [-0.2, -0.15) is 0 Å². The smallest absolute Gasteiger partial charge is 0.348 e. The van der Waals surface area contributed by atoms with Crippen molar-refractivity contribution in [2.45, 2.75) is 25.7 Å². The van der Waals surface area contributed by atoms with E-state index in [2.05, 4.69) is 4.90 Å². The van der Waals surface area contributed by atoms with Crippen LogP contribution < -0.4 is 16.2 Å². The largest absolute Gasteiger partial charge is 0.422 e. The molecule has 5 rings (SSSR count).